The van der Waals surface area contributed by atoms with E-state index in [0.717, 1.165) is 35.3 Å². The van der Waals surface area contributed by atoms with Gasteiger partial charge < -0.3 is 24.4 Å². The molecule has 0 bridgehead atoms. The van der Waals surface area contributed by atoms with Gasteiger partial charge in [-0.1, -0.05) is 18.2 Å². The van der Waals surface area contributed by atoms with Crippen LogP contribution in [0.2, 0.25) is 0 Å². The monoisotopic (exact) mass is 371 g/mol. The fourth-order valence-electron chi connectivity index (χ4n) is 2.76. The number of guanidine groups is 1. The summed E-state index contributed by atoms with van der Waals surface area (Å²) in [5.41, 5.74) is 2.28. The Bertz CT molecular complexity index is 745. The SMILES string of the molecule is CCOc1ccc(CN(C)C(=NC)NCc2ccc(OC)c(OC)c2)cc1. The van der Waals surface area contributed by atoms with E-state index in [0.29, 0.717) is 13.2 Å². The van der Waals surface area contributed by atoms with Crippen LogP contribution in [0.1, 0.15) is 18.1 Å². The van der Waals surface area contributed by atoms with E-state index >= 15 is 0 Å². The lowest BCUT2D eigenvalue weighted by molar-refractivity contribution is 0.340. The van der Waals surface area contributed by atoms with Gasteiger partial charge in [0.25, 0.3) is 0 Å². The van der Waals surface area contributed by atoms with Gasteiger partial charge in [-0.15, -0.1) is 0 Å². The molecule has 27 heavy (non-hydrogen) atoms. The summed E-state index contributed by atoms with van der Waals surface area (Å²) >= 11 is 0. The van der Waals surface area contributed by atoms with Crippen LogP contribution in [0, 0.1) is 0 Å². The van der Waals surface area contributed by atoms with Crippen LogP contribution >= 0.6 is 0 Å². The number of nitrogens with zero attached hydrogens (tertiary/aromatic N) is 2. The zero-order valence-electron chi connectivity index (χ0n) is 16.8. The number of benzene rings is 2. The summed E-state index contributed by atoms with van der Waals surface area (Å²) in [4.78, 5) is 6.45. The molecule has 1 N–H and O–H groups in total. The summed E-state index contributed by atoms with van der Waals surface area (Å²) in [5, 5.41) is 3.38. The van der Waals surface area contributed by atoms with Gasteiger partial charge >= 0.3 is 0 Å². The average molecular weight is 371 g/mol. The van der Waals surface area contributed by atoms with Crippen molar-refractivity contribution in [1.82, 2.24) is 10.2 Å². The van der Waals surface area contributed by atoms with Gasteiger partial charge in [0.2, 0.25) is 0 Å². The second kappa shape index (κ2) is 10.3. The molecule has 0 saturated carbocycles. The van der Waals surface area contributed by atoms with Crippen molar-refractivity contribution in [2.24, 2.45) is 4.99 Å². The smallest absolute Gasteiger partial charge is 0.193 e. The molecule has 6 nitrogen and oxygen atoms in total. The third-order valence-electron chi connectivity index (χ3n) is 4.13. The predicted octanol–water partition coefficient (Wildman–Crippen LogP) is 3.31. The van der Waals surface area contributed by atoms with Gasteiger partial charge in [0, 0.05) is 27.2 Å². The zero-order chi connectivity index (χ0) is 19.6. The molecule has 2 aromatic rings. The number of hydrogen-bond acceptors (Lipinski definition) is 4. The van der Waals surface area contributed by atoms with E-state index < -0.39 is 0 Å². The third-order valence-corrected chi connectivity index (χ3v) is 4.13. The van der Waals surface area contributed by atoms with Gasteiger partial charge in [-0.05, 0) is 42.3 Å². The topological polar surface area (TPSA) is 55.3 Å². The third kappa shape index (κ3) is 5.81. The minimum absolute atomic E-state index is 0.640. The molecule has 0 aromatic heterocycles. The largest absolute Gasteiger partial charge is 0.494 e. The van der Waals surface area contributed by atoms with Crippen molar-refractivity contribution in [1.29, 1.82) is 0 Å². The Morgan fingerprint density at radius 2 is 1.67 bits per heavy atom. The fraction of sp³-hybridized carbons (Fsp3) is 0.381. The van der Waals surface area contributed by atoms with Crippen molar-refractivity contribution in [3.05, 3.63) is 53.6 Å². The lowest BCUT2D eigenvalue weighted by Gasteiger charge is -2.22. The average Bonchev–Trinajstić information content (AvgIpc) is 2.70. The summed E-state index contributed by atoms with van der Waals surface area (Å²) in [7, 11) is 7.07. The van der Waals surface area contributed by atoms with E-state index in [2.05, 4.69) is 27.3 Å². The second-order valence-electron chi connectivity index (χ2n) is 6.02. The maximum atomic E-state index is 5.49. The van der Waals surface area contributed by atoms with Gasteiger partial charge in [0.15, 0.2) is 17.5 Å². The van der Waals surface area contributed by atoms with Crippen molar-refractivity contribution in [2.45, 2.75) is 20.0 Å². The highest BCUT2D eigenvalue weighted by Gasteiger charge is 2.09. The molecule has 0 heterocycles. The quantitative estimate of drug-likeness (QED) is 0.570. The van der Waals surface area contributed by atoms with Crippen LogP contribution < -0.4 is 19.5 Å². The summed E-state index contributed by atoms with van der Waals surface area (Å²) in [5.74, 6) is 3.14. The molecule has 0 radical (unpaired) electrons. The van der Waals surface area contributed by atoms with Crippen molar-refractivity contribution >= 4 is 5.96 Å². The molecule has 0 saturated heterocycles. The van der Waals surface area contributed by atoms with Crippen LogP contribution in [0.25, 0.3) is 0 Å². The van der Waals surface area contributed by atoms with Gasteiger partial charge in [-0.2, -0.15) is 0 Å². The predicted molar refractivity (Wildman–Crippen MR) is 109 cm³/mol. The van der Waals surface area contributed by atoms with Crippen LogP contribution in [0.15, 0.2) is 47.5 Å². The van der Waals surface area contributed by atoms with Crippen LogP contribution in [-0.2, 0) is 13.1 Å². The Labute approximate surface area is 161 Å². The molecule has 146 valence electrons. The molecule has 0 aliphatic heterocycles. The summed E-state index contributed by atoms with van der Waals surface area (Å²) in [6.45, 7) is 4.04. The number of ether oxygens (including phenoxy) is 3. The first-order valence-electron chi connectivity index (χ1n) is 8.95. The Morgan fingerprint density at radius 3 is 2.26 bits per heavy atom. The first-order chi connectivity index (χ1) is 13.1. The molecule has 6 heteroatoms. The minimum atomic E-state index is 0.640. The van der Waals surface area contributed by atoms with E-state index in [1.54, 1.807) is 21.3 Å². The van der Waals surface area contributed by atoms with Crippen molar-refractivity contribution in [3.63, 3.8) is 0 Å². The van der Waals surface area contributed by atoms with Crippen LogP contribution in [-0.4, -0.2) is 45.8 Å². The summed E-state index contributed by atoms with van der Waals surface area (Å²) in [6.07, 6.45) is 0. The van der Waals surface area contributed by atoms with Gasteiger partial charge in [0.05, 0.1) is 20.8 Å². The second-order valence-corrected chi connectivity index (χ2v) is 6.02. The molecule has 2 aromatic carbocycles. The molecule has 0 unspecified atom stereocenters. The maximum Gasteiger partial charge on any atom is 0.193 e. The Hall–Kier alpha value is -2.89. The Balaban J connectivity index is 1.96. The van der Waals surface area contributed by atoms with Crippen molar-refractivity contribution in [2.75, 3.05) is 34.9 Å². The molecular formula is C21H29N3O3. The number of aliphatic imine (C=N–C) groups is 1. The summed E-state index contributed by atoms with van der Waals surface area (Å²) < 4.78 is 16.1. The van der Waals surface area contributed by atoms with Gasteiger partial charge in [-0.3, -0.25) is 4.99 Å². The zero-order valence-corrected chi connectivity index (χ0v) is 16.8. The lowest BCUT2D eigenvalue weighted by atomic mass is 10.2. The van der Waals surface area contributed by atoms with Gasteiger partial charge in [-0.25, -0.2) is 0 Å². The molecule has 0 spiro atoms. The highest BCUT2D eigenvalue weighted by molar-refractivity contribution is 5.79. The Morgan fingerprint density at radius 1 is 1.00 bits per heavy atom. The van der Waals surface area contributed by atoms with E-state index in [-0.39, 0.29) is 0 Å². The van der Waals surface area contributed by atoms with E-state index in [1.807, 2.05) is 44.3 Å². The maximum absolute atomic E-state index is 5.49. The number of hydrogen-bond donors (Lipinski definition) is 1. The first kappa shape index (κ1) is 20.4. The van der Waals surface area contributed by atoms with Crippen LogP contribution in [0.5, 0.6) is 17.2 Å². The van der Waals surface area contributed by atoms with Crippen molar-refractivity contribution in [3.8, 4) is 17.2 Å². The number of rotatable bonds is 8. The normalized spacial score (nSPS) is 11.1. The fourth-order valence-corrected chi connectivity index (χ4v) is 2.76. The molecule has 0 atom stereocenters. The highest BCUT2D eigenvalue weighted by atomic mass is 16.5. The minimum Gasteiger partial charge on any atom is -0.494 e. The molecule has 0 aliphatic rings. The number of methoxy groups -OCH3 is 2. The molecule has 2 rings (SSSR count). The molecule has 0 amide bonds. The lowest BCUT2D eigenvalue weighted by Crippen LogP contribution is -2.38. The molecule has 0 aliphatic carbocycles. The van der Waals surface area contributed by atoms with Gasteiger partial charge in [0.1, 0.15) is 5.75 Å². The molecule has 0 fully saturated rings. The van der Waals surface area contributed by atoms with Crippen LogP contribution in [0.4, 0.5) is 0 Å². The highest BCUT2D eigenvalue weighted by Crippen LogP contribution is 2.27. The first-order valence-corrected chi connectivity index (χ1v) is 8.95. The van der Waals surface area contributed by atoms with E-state index in [9.17, 15) is 0 Å². The standard InChI is InChI=1S/C21H29N3O3/c1-6-27-18-10-7-16(8-11-18)15-24(3)21(22-2)23-14-17-9-12-19(25-4)20(13-17)26-5/h7-13H,6,14-15H2,1-5H3,(H,22,23). The Kier molecular flexibility index (Phi) is 7.79. The van der Waals surface area contributed by atoms with Crippen LogP contribution in [0.3, 0.4) is 0 Å². The summed E-state index contributed by atoms with van der Waals surface area (Å²) in [6, 6.07) is 14.0. The van der Waals surface area contributed by atoms with Crippen molar-refractivity contribution < 1.29 is 14.2 Å². The van der Waals surface area contributed by atoms with E-state index in [4.69, 9.17) is 14.2 Å². The van der Waals surface area contributed by atoms with E-state index in [1.165, 1.54) is 5.56 Å². The molecular weight excluding hydrogens is 342 g/mol. The number of nitrogens with one attached hydrogen (secondary N) is 1.